The molecule has 0 bridgehead atoms. The minimum atomic E-state index is 0.498. The minimum Gasteiger partial charge on any atom is -0.377 e. The van der Waals surface area contributed by atoms with E-state index in [0.717, 1.165) is 13.2 Å². The van der Waals surface area contributed by atoms with Crippen LogP contribution >= 0.6 is 0 Å². The quantitative estimate of drug-likeness (QED) is 0.840. The first-order valence-electron chi connectivity index (χ1n) is 5.87. The summed E-state index contributed by atoms with van der Waals surface area (Å²) in [6, 6.07) is 9.54. The Morgan fingerprint density at radius 2 is 1.94 bits per heavy atom. The Morgan fingerprint density at radius 3 is 2.31 bits per heavy atom. The average molecular weight is 220 g/mol. The summed E-state index contributed by atoms with van der Waals surface area (Å²) in [4.78, 5) is 2.42. The molecule has 3 nitrogen and oxygen atoms in total. The topological polar surface area (TPSA) is 38.5 Å². The van der Waals surface area contributed by atoms with Crippen molar-refractivity contribution in [2.75, 3.05) is 18.1 Å². The maximum Gasteiger partial charge on any atom is 0.0760 e. The van der Waals surface area contributed by atoms with E-state index in [1.807, 2.05) is 0 Å². The highest BCUT2D eigenvalue weighted by Crippen LogP contribution is 2.24. The predicted molar refractivity (Wildman–Crippen MR) is 66.6 cm³/mol. The molecule has 0 aliphatic carbocycles. The van der Waals surface area contributed by atoms with Gasteiger partial charge in [0.15, 0.2) is 0 Å². The molecular weight excluding hydrogens is 200 g/mol. The largest absolute Gasteiger partial charge is 0.377 e. The molecule has 0 amide bonds. The molecule has 1 heterocycles. The second-order valence-electron chi connectivity index (χ2n) is 4.56. The van der Waals surface area contributed by atoms with Crippen LogP contribution in [0.1, 0.15) is 19.4 Å². The van der Waals surface area contributed by atoms with E-state index < -0.39 is 0 Å². The lowest BCUT2D eigenvalue weighted by atomic mass is 10.1. The molecule has 1 aromatic carbocycles. The molecular formula is C13H20N2O. The van der Waals surface area contributed by atoms with Gasteiger partial charge < -0.3 is 15.4 Å². The summed E-state index contributed by atoms with van der Waals surface area (Å²) in [7, 11) is 0. The summed E-state index contributed by atoms with van der Waals surface area (Å²) in [6.45, 7) is 6.73. The van der Waals surface area contributed by atoms with Gasteiger partial charge in [-0.25, -0.2) is 0 Å². The van der Waals surface area contributed by atoms with Crippen LogP contribution in [0.5, 0.6) is 0 Å². The number of nitrogens with two attached hydrogens (primary N) is 1. The second kappa shape index (κ2) is 4.85. The molecule has 0 radical (unpaired) electrons. The highest BCUT2D eigenvalue weighted by Gasteiger charge is 2.27. The zero-order valence-electron chi connectivity index (χ0n) is 10.0. The third-order valence-corrected chi connectivity index (χ3v) is 3.04. The lowest BCUT2D eigenvalue weighted by molar-refractivity contribution is 0.00578. The van der Waals surface area contributed by atoms with Gasteiger partial charge in [0.2, 0.25) is 0 Å². The molecule has 1 fully saturated rings. The van der Waals surface area contributed by atoms with Crippen molar-refractivity contribution in [2.45, 2.75) is 32.5 Å². The van der Waals surface area contributed by atoms with E-state index in [9.17, 15) is 0 Å². The van der Waals surface area contributed by atoms with E-state index in [-0.39, 0.29) is 0 Å². The van der Waals surface area contributed by atoms with Gasteiger partial charge in [-0.05, 0) is 31.5 Å². The number of benzene rings is 1. The van der Waals surface area contributed by atoms with Crippen LogP contribution in [0, 0.1) is 0 Å². The molecule has 1 aliphatic heterocycles. The fourth-order valence-electron chi connectivity index (χ4n) is 2.12. The molecule has 0 saturated carbocycles. The standard InChI is InChI=1S/C13H20N2O/c1-10(2)15(13-8-16-9-13)12-5-3-11(7-14)4-6-12/h3-6,10,13H,7-9,14H2,1-2H3. The summed E-state index contributed by atoms with van der Waals surface area (Å²) >= 11 is 0. The van der Waals surface area contributed by atoms with E-state index in [4.69, 9.17) is 10.5 Å². The molecule has 1 aliphatic rings. The van der Waals surface area contributed by atoms with E-state index in [1.165, 1.54) is 11.3 Å². The van der Waals surface area contributed by atoms with Gasteiger partial charge in [-0.15, -0.1) is 0 Å². The van der Waals surface area contributed by atoms with Crippen LogP contribution in [-0.4, -0.2) is 25.3 Å². The van der Waals surface area contributed by atoms with Gasteiger partial charge in [0, 0.05) is 18.3 Å². The highest BCUT2D eigenvalue weighted by molar-refractivity contribution is 5.49. The van der Waals surface area contributed by atoms with Gasteiger partial charge in [-0.1, -0.05) is 12.1 Å². The number of rotatable bonds is 4. The predicted octanol–water partition coefficient (Wildman–Crippen LogP) is 1.76. The van der Waals surface area contributed by atoms with E-state index >= 15 is 0 Å². The monoisotopic (exact) mass is 220 g/mol. The van der Waals surface area contributed by atoms with Crippen LogP contribution in [0.4, 0.5) is 5.69 Å². The maximum atomic E-state index is 5.60. The number of hydrogen-bond donors (Lipinski definition) is 1. The Bertz CT molecular complexity index is 330. The number of anilines is 1. The van der Waals surface area contributed by atoms with E-state index in [0.29, 0.717) is 18.6 Å². The third-order valence-electron chi connectivity index (χ3n) is 3.04. The Morgan fingerprint density at radius 1 is 1.31 bits per heavy atom. The number of hydrogen-bond acceptors (Lipinski definition) is 3. The molecule has 2 rings (SSSR count). The van der Waals surface area contributed by atoms with Crippen molar-refractivity contribution in [1.29, 1.82) is 0 Å². The molecule has 0 unspecified atom stereocenters. The van der Waals surface area contributed by atoms with Crippen LogP contribution in [0.3, 0.4) is 0 Å². The first-order valence-corrected chi connectivity index (χ1v) is 5.87. The van der Waals surface area contributed by atoms with Crippen molar-refractivity contribution in [2.24, 2.45) is 5.73 Å². The molecule has 0 atom stereocenters. The summed E-state index contributed by atoms with van der Waals surface area (Å²) in [5, 5.41) is 0. The van der Waals surface area contributed by atoms with Gasteiger partial charge in [0.1, 0.15) is 0 Å². The lowest BCUT2D eigenvalue weighted by Gasteiger charge is -2.41. The number of ether oxygens (including phenoxy) is 1. The minimum absolute atomic E-state index is 0.498. The van der Waals surface area contributed by atoms with Crippen molar-refractivity contribution in [3.63, 3.8) is 0 Å². The fraction of sp³-hybridized carbons (Fsp3) is 0.538. The van der Waals surface area contributed by atoms with Crippen molar-refractivity contribution in [1.82, 2.24) is 0 Å². The summed E-state index contributed by atoms with van der Waals surface area (Å²) in [5.74, 6) is 0. The normalized spacial score (nSPS) is 16.2. The van der Waals surface area contributed by atoms with E-state index in [2.05, 4.69) is 43.0 Å². The summed E-state index contributed by atoms with van der Waals surface area (Å²) < 4.78 is 5.27. The van der Waals surface area contributed by atoms with Crippen molar-refractivity contribution >= 4 is 5.69 Å². The summed E-state index contributed by atoms with van der Waals surface area (Å²) in [5.41, 5.74) is 8.04. The van der Waals surface area contributed by atoms with Crippen molar-refractivity contribution in [3.8, 4) is 0 Å². The third kappa shape index (κ3) is 2.20. The van der Waals surface area contributed by atoms with Crippen molar-refractivity contribution in [3.05, 3.63) is 29.8 Å². The number of nitrogens with zero attached hydrogens (tertiary/aromatic N) is 1. The maximum absolute atomic E-state index is 5.60. The fourth-order valence-corrected chi connectivity index (χ4v) is 2.12. The molecule has 2 N–H and O–H groups in total. The first kappa shape index (κ1) is 11.4. The SMILES string of the molecule is CC(C)N(c1ccc(CN)cc1)C1COC1. The van der Waals surface area contributed by atoms with Crippen molar-refractivity contribution < 1.29 is 4.74 Å². The molecule has 88 valence electrons. The molecule has 16 heavy (non-hydrogen) atoms. The van der Waals surface area contributed by atoms with Gasteiger partial charge in [0.05, 0.1) is 19.3 Å². The zero-order chi connectivity index (χ0) is 11.5. The highest BCUT2D eigenvalue weighted by atomic mass is 16.5. The Kier molecular flexibility index (Phi) is 3.46. The van der Waals surface area contributed by atoms with Crippen LogP contribution in [0.15, 0.2) is 24.3 Å². The van der Waals surface area contributed by atoms with Gasteiger partial charge in [-0.3, -0.25) is 0 Å². The molecule has 0 spiro atoms. The van der Waals surface area contributed by atoms with Gasteiger partial charge in [-0.2, -0.15) is 0 Å². The average Bonchev–Trinajstić information content (AvgIpc) is 2.23. The van der Waals surface area contributed by atoms with Crippen LogP contribution < -0.4 is 10.6 Å². The Hall–Kier alpha value is -1.06. The lowest BCUT2D eigenvalue weighted by Crippen LogP contribution is -2.52. The molecule has 0 aromatic heterocycles. The van der Waals surface area contributed by atoms with Gasteiger partial charge >= 0.3 is 0 Å². The Labute approximate surface area is 97.2 Å². The Balaban J connectivity index is 2.17. The first-order chi connectivity index (χ1) is 7.72. The second-order valence-corrected chi connectivity index (χ2v) is 4.56. The van der Waals surface area contributed by atoms with Crippen LogP contribution in [0.25, 0.3) is 0 Å². The molecule has 1 saturated heterocycles. The van der Waals surface area contributed by atoms with Crippen LogP contribution in [0.2, 0.25) is 0 Å². The molecule has 1 aromatic rings. The smallest absolute Gasteiger partial charge is 0.0760 e. The zero-order valence-corrected chi connectivity index (χ0v) is 10.0. The van der Waals surface area contributed by atoms with E-state index in [1.54, 1.807) is 0 Å². The molecule has 3 heteroatoms. The summed E-state index contributed by atoms with van der Waals surface area (Å²) in [6.07, 6.45) is 0. The van der Waals surface area contributed by atoms with Crippen LogP contribution in [-0.2, 0) is 11.3 Å². The van der Waals surface area contributed by atoms with Gasteiger partial charge in [0.25, 0.3) is 0 Å².